The molecule has 3 rings (SSSR count). The molecule has 0 fully saturated rings. The van der Waals surface area contributed by atoms with Gasteiger partial charge < -0.3 is 20.1 Å². The Morgan fingerprint density at radius 3 is 2.49 bits per heavy atom. The molecule has 0 aliphatic rings. The number of carbonyl (C=O) groups is 2. The van der Waals surface area contributed by atoms with Crippen molar-refractivity contribution in [2.75, 3.05) is 24.4 Å². The van der Waals surface area contributed by atoms with E-state index in [1.807, 2.05) is 32.0 Å². The van der Waals surface area contributed by atoms with Gasteiger partial charge in [-0.15, -0.1) is 0 Å². The molecule has 39 heavy (non-hydrogen) atoms. The lowest BCUT2D eigenvalue weighted by atomic mass is 10.1. The van der Waals surface area contributed by atoms with Crippen molar-refractivity contribution >= 4 is 45.2 Å². The van der Waals surface area contributed by atoms with Gasteiger partial charge in [0.25, 0.3) is 11.8 Å². The van der Waals surface area contributed by atoms with E-state index in [1.165, 1.54) is 31.4 Å². The molecule has 2 N–H and O–H groups in total. The molecule has 0 radical (unpaired) electrons. The molecule has 0 atom stereocenters. The average molecular weight is 602 g/mol. The third kappa shape index (κ3) is 7.85. The van der Waals surface area contributed by atoms with Gasteiger partial charge in [-0.2, -0.15) is 18.4 Å². The number of aryl methyl sites for hydroxylation is 2. The standard InChI is InChI=1S/C28H23BrF3N3O4/c1-16-7-8-17(2)23(9-16)35-25(36)15-39-26-22(29)11-18(12-24(26)38-3)10-19(14-33)27(37)34-21-6-4-5-20(13-21)28(30,31)32/h4-13H,15H2,1-3H3,(H,34,37)(H,35,36)/b19-10+. The number of methoxy groups -OCH3 is 1. The predicted molar refractivity (Wildman–Crippen MR) is 144 cm³/mol. The summed E-state index contributed by atoms with van der Waals surface area (Å²) in [5.74, 6) is -0.849. The topological polar surface area (TPSA) is 100 Å². The second-order valence-electron chi connectivity index (χ2n) is 8.39. The number of benzene rings is 3. The highest BCUT2D eigenvalue weighted by Gasteiger charge is 2.30. The van der Waals surface area contributed by atoms with Crippen LogP contribution in [-0.2, 0) is 15.8 Å². The summed E-state index contributed by atoms with van der Waals surface area (Å²) in [5.41, 5.74) is 1.51. The van der Waals surface area contributed by atoms with Crippen LogP contribution >= 0.6 is 15.9 Å². The normalized spacial score (nSPS) is 11.4. The highest BCUT2D eigenvalue weighted by Crippen LogP contribution is 2.37. The van der Waals surface area contributed by atoms with E-state index in [1.54, 1.807) is 6.07 Å². The summed E-state index contributed by atoms with van der Waals surface area (Å²) in [6, 6.07) is 14.5. The Hall–Kier alpha value is -4.30. The number of amides is 2. The van der Waals surface area contributed by atoms with E-state index in [4.69, 9.17) is 9.47 Å². The third-order valence-electron chi connectivity index (χ3n) is 5.39. The van der Waals surface area contributed by atoms with E-state index in [0.717, 1.165) is 29.3 Å². The fourth-order valence-corrected chi connectivity index (χ4v) is 4.02. The van der Waals surface area contributed by atoms with Crippen molar-refractivity contribution in [2.45, 2.75) is 20.0 Å². The van der Waals surface area contributed by atoms with Crippen molar-refractivity contribution in [1.82, 2.24) is 0 Å². The molecule has 0 unspecified atom stereocenters. The molecule has 0 aromatic heterocycles. The van der Waals surface area contributed by atoms with Crippen molar-refractivity contribution in [1.29, 1.82) is 5.26 Å². The first-order valence-electron chi connectivity index (χ1n) is 11.4. The van der Waals surface area contributed by atoms with Crippen LogP contribution in [0.25, 0.3) is 6.08 Å². The van der Waals surface area contributed by atoms with Gasteiger partial charge in [-0.3, -0.25) is 9.59 Å². The van der Waals surface area contributed by atoms with E-state index in [0.29, 0.717) is 15.7 Å². The first-order chi connectivity index (χ1) is 18.4. The summed E-state index contributed by atoms with van der Waals surface area (Å²) < 4.78 is 50.3. The average Bonchev–Trinajstić information content (AvgIpc) is 2.88. The zero-order valence-electron chi connectivity index (χ0n) is 21.1. The monoisotopic (exact) mass is 601 g/mol. The smallest absolute Gasteiger partial charge is 0.416 e. The van der Waals surface area contributed by atoms with Gasteiger partial charge in [0.2, 0.25) is 0 Å². The SMILES string of the molecule is COc1cc(/C=C(\C#N)C(=O)Nc2cccc(C(F)(F)F)c2)cc(Br)c1OCC(=O)Nc1cc(C)ccc1C. The summed E-state index contributed by atoms with van der Waals surface area (Å²) >= 11 is 3.35. The number of hydrogen-bond acceptors (Lipinski definition) is 5. The molecule has 3 aromatic carbocycles. The Morgan fingerprint density at radius 2 is 1.82 bits per heavy atom. The minimum atomic E-state index is -4.58. The molecule has 0 aliphatic heterocycles. The molecule has 7 nitrogen and oxygen atoms in total. The van der Waals surface area contributed by atoms with E-state index in [2.05, 4.69) is 26.6 Å². The minimum absolute atomic E-state index is 0.113. The number of anilines is 2. The lowest BCUT2D eigenvalue weighted by molar-refractivity contribution is -0.137. The molecule has 0 spiro atoms. The van der Waals surface area contributed by atoms with Crippen LogP contribution in [-0.4, -0.2) is 25.5 Å². The molecule has 11 heteroatoms. The Bertz CT molecular complexity index is 1480. The number of rotatable bonds is 8. The van der Waals surface area contributed by atoms with Crippen molar-refractivity contribution in [3.63, 3.8) is 0 Å². The van der Waals surface area contributed by atoms with E-state index in [9.17, 15) is 28.0 Å². The summed E-state index contributed by atoms with van der Waals surface area (Å²) in [5, 5.41) is 14.6. The van der Waals surface area contributed by atoms with Crippen molar-refractivity contribution in [2.24, 2.45) is 0 Å². The Labute approximate surface area is 231 Å². The molecular formula is C28H23BrF3N3O4. The molecule has 0 aliphatic carbocycles. The summed E-state index contributed by atoms with van der Waals surface area (Å²) in [4.78, 5) is 25.1. The number of halogens is 4. The van der Waals surface area contributed by atoms with Crippen LogP contribution in [0.2, 0.25) is 0 Å². The lowest BCUT2D eigenvalue weighted by Gasteiger charge is -2.14. The molecule has 0 bridgehead atoms. The van der Waals surface area contributed by atoms with E-state index >= 15 is 0 Å². The number of nitrogens with one attached hydrogen (secondary N) is 2. The fourth-order valence-electron chi connectivity index (χ4n) is 3.44. The molecular weight excluding hydrogens is 579 g/mol. The van der Waals surface area contributed by atoms with Crippen molar-refractivity contribution in [3.05, 3.63) is 86.9 Å². The number of alkyl halides is 3. The van der Waals surface area contributed by atoms with Crippen LogP contribution in [0.3, 0.4) is 0 Å². The Balaban J connectivity index is 1.76. The minimum Gasteiger partial charge on any atom is -0.493 e. The van der Waals surface area contributed by atoms with E-state index in [-0.39, 0.29) is 35.3 Å². The van der Waals surface area contributed by atoms with Crippen LogP contribution in [0, 0.1) is 25.2 Å². The molecule has 2 amide bonds. The molecule has 3 aromatic rings. The maximum Gasteiger partial charge on any atom is 0.416 e. The molecule has 0 saturated carbocycles. The van der Waals surface area contributed by atoms with Crippen LogP contribution in [0.4, 0.5) is 24.5 Å². The third-order valence-corrected chi connectivity index (χ3v) is 5.98. The quantitative estimate of drug-likeness (QED) is 0.222. The van der Waals surface area contributed by atoms with Crippen LogP contribution in [0.1, 0.15) is 22.3 Å². The molecule has 0 heterocycles. The predicted octanol–water partition coefficient (Wildman–Crippen LogP) is 6.66. The van der Waals surface area contributed by atoms with Crippen molar-refractivity contribution < 1.29 is 32.2 Å². The summed E-state index contributed by atoms with van der Waals surface area (Å²) in [6.07, 6.45) is -3.34. The highest BCUT2D eigenvalue weighted by atomic mass is 79.9. The molecule has 202 valence electrons. The number of nitrogens with zero attached hydrogens (tertiary/aromatic N) is 1. The van der Waals surface area contributed by atoms with Gasteiger partial charge in [0.05, 0.1) is 17.1 Å². The number of hydrogen-bond donors (Lipinski definition) is 2. The second kappa shape index (κ2) is 12.5. The maximum atomic E-state index is 13.0. The van der Waals surface area contributed by atoms with Crippen molar-refractivity contribution in [3.8, 4) is 17.6 Å². The van der Waals surface area contributed by atoms with Gasteiger partial charge in [0, 0.05) is 11.4 Å². The lowest BCUT2D eigenvalue weighted by Crippen LogP contribution is -2.21. The van der Waals surface area contributed by atoms with Gasteiger partial charge in [-0.05, 0) is 88.9 Å². The number of ether oxygens (including phenoxy) is 2. The van der Waals surface area contributed by atoms with Gasteiger partial charge in [-0.25, -0.2) is 0 Å². The van der Waals surface area contributed by atoms with Crippen LogP contribution < -0.4 is 20.1 Å². The second-order valence-corrected chi connectivity index (χ2v) is 9.25. The van der Waals surface area contributed by atoms with Gasteiger partial charge >= 0.3 is 6.18 Å². The summed E-state index contributed by atoms with van der Waals surface area (Å²) in [6.45, 7) is 3.47. The highest BCUT2D eigenvalue weighted by molar-refractivity contribution is 9.10. The maximum absolute atomic E-state index is 13.0. The number of nitriles is 1. The zero-order chi connectivity index (χ0) is 28.7. The van der Waals surface area contributed by atoms with Gasteiger partial charge in [-0.1, -0.05) is 18.2 Å². The van der Waals surface area contributed by atoms with Crippen LogP contribution in [0.5, 0.6) is 11.5 Å². The van der Waals surface area contributed by atoms with Crippen LogP contribution in [0.15, 0.2) is 64.6 Å². The van der Waals surface area contributed by atoms with Gasteiger partial charge in [0.1, 0.15) is 11.6 Å². The fraction of sp³-hybridized carbons (Fsp3) is 0.179. The Kier molecular flexibility index (Phi) is 9.37. The zero-order valence-corrected chi connectivity index (χ0v) is 22.7. The van der Waals surface area contributed by atoms with Gasteiger partial charge in [0.15, 0.2) is 18.1 Å². The first kappa shape index (κ1) is 29.3. The Morgan fingerprint density at radius 1 is 1.08 bits per heavy atom. The molecule has 0 saturated heterocycles. The van der Waals surface area contributed by atoms with E-state index < -0.39 is 17.6 Å². The largest absolute Gasteiger partial charge is 0.493 e. The summed E-state index contributed by atoms with van der Waals surface area (Å²) in [7, 11) is 1.38. The number of carbonyl (C=O) groups excluding carboxylic acids is 2. The first-order valence-corrected chi connectivity index (χ1v) is 12.2.